The number of nitrogens with one attached hydrogen (secondary N) is 1. The van der Waals surface area contributed by atoms with Crippen LogP contribution in [0, 0.1) is 0 Å². The van der Waals surface area contributed by atoms with Crippen LogP contribution in [0.3, 0.4) is 0 Å². The van der Waals surface area contributed by atoms with E-state index in [1.54, 1.807) is 18.3 Å². The van der Waals surface area contributed by atoms with E-state index >= 15 is 0 Å². The molecule has 0 radical (unpaired) electrons. The monoisotopic (exact) mass is 251 g/mol. The van der Waals surface area contributed by atoms with Crippen molar-refractivity contribution >= 4 is 27.5 Å². The zero-order chi connectivity index (χ0) is 12.6. The second-order valence-electron chi connectivity index (χ2n) is 5.05. The van der Waals surface area contributed by atoms with Gasteiger partial charge in [-0.05, 0) is 24.5 Å². The van der Waals surface area contributed by atoms with E-state index in [9.17, 15) is 4.79 Å². The number of ether oxygens (including phenoxy) is 1. The van der Waals surface area contributed by atoms with Crippen LogP contribution < -0.4 is 0 Å². The lowest BCUT2D eigenvalue weighted by molar-refractivity contribution is 0.0520. The SMILES string of the molecule is CCOC(=O)c1cc2cc(C(C)(C)C)sc2[nH]1. The second-order valence-corrected chi connectivity index (χ2v) is 6.10. The Labute approximate surface area is 105 Å². The minimum Gasteiger partial charge on any atom is -0.461 e. The smallest absolute Gasteiger partial charge is 0.354 e. The minimum atomic E-state index is -0.284. The van der Waals surface area contributed by atoms with Gasteiger partial charge in [0.1, 0.15) is 10.5 Å². The van der Waals surface area contributed by atoms with Crippen molar-refractivity contribution in [3.63, 3.8) is 0 Å². The van der Waals surface area contributed by atoms with E-state index in [0.29, 0.717) is 12.3 Å². The molecule has 0 fully saturated rings. The molecule has 2 rings (SSSR count). The molecule has 4 heteroatoms. The van der Waals surface area contributed by atoms with Crippen LogP contribution in [0.1, 0.15) is 43.1 Å². The quantitative estimate of drug-likeness (QED) is 0.827. The predicted octanol–water partition coefficient (Wildman–Crippen LogP) is 3.70. The Hall–Kier alpha value is -1.29. The summed E-state index contributed by atoms with van der Waals surface area (Å²) >= 11 is 1.70. The maximum Gasteiger partial charge on any atom is 0.354 e. The summed E-state index contributed by atoms with van der Waals surface area (Å²) in [5, 5.41) is 1.09. The van der Waals surface area contributed by atoms with Gasteiger partial charge in [0, 0.05) is 10.3 Å². The zero-order valence-electron chi connectivity index (χ0n) is 10.6. The molecule has 2 aromatic rings. The predicted molar refractivity (Wildman–Crippen MR) is 70.8 cm³/mol. The Morgan fingerprint density at radius 2 is 2.12 bits per heavy atom. The highest BCUT2D eigenvalue weighted by atomic mass is 32.1. The lowest BCUT2D eigenvalue weighted by Gasteiger charge is -2.14. The first-order valence-corrected chi connectivity index (χ1v) is 6.53. The third-order valence-electron chi connectivity index (χ3n) is 2.54. The first kappa shape index (κ1) is 12.2. The Kier molecular flexibility index (Phi) is 3.00. The molecular formula is C13H17NO2S. The largest absolute Gasteiger partial charge is 0.461 e. The zero-order valence-corrected chi connectivity index (χ0v) is 11.4. The summed E-state index contributed by atoms with van der Waals surface area (Å²) in [6.45, 7) is 8.76. The lowest BCUT2D eigenvalue weighted by atomic mass is 9.94. The summed E-state index contributed by atoms with van der Waals surface area (Å²) in [7, 11) is 0. The molecule has 2 heterocycles. The van der Waals surface area contributed by atoms with Crippen LogP contribution in [0.25, 0.3) is 10.2 Å². The minimum absolute atomic E-state index is 0.147. The van der Waals surface area contributed by atoms with E-state index in [1.165, 1.54) is 4.88 Å². The Morgan fingerprint density at radius 3 is 2.65 bits per heavy atom. The molecule has 0 aromatic carbocycles. The molecule has 0 aliphatic carbocycles. The summed E-state index contributed by atoms with van der Waals surface area (Å²) in [4.78, 5) is 17.0. The lowest BCUT2D eigenvalue weighted by Crippen LogP contribution is -2.08. The molecule has 0 saturated carbocycles. The topological polar surface area (TPSA) is 42.1 Å². The molecule has 3 nitrogen and oxygen atoms in total. The van der Waals surface area contributed by atoms with Crippen LogP contribution in [-0.2, 0) is 10.2 Å². The number of carbonyl (C=O) groups excluding carboxylic acids is 1. The maximum absolute atomic E-state index is 11.5. The van der Waals surface area contributed by atoms with Crippen molar-refractivity contribution in [1.29, 1.82) is 0 Å². The highest BCUT2D eigenvalue weighted by Gasteiger charge is 2.19. The highest BCUT2D eigenvalue weighted by Crippen LogP contribution is 2.34. The van der Waals surface area contributed by atoms with Crippen LogP contribution in [0.15, 0.2) is 12.1 Å². The van der Waals surface area contributed by atoms with Gasteiger partial charge in [-0.1, -0.05) is 20.8 Å². The number of fused-ring (bicyclic) bond motifs is 1. The fourth-order valence-corrected chi connectivity index (χ4v) is 2.72. The van der Waals surface area contributed by atoms with E-state index in [4.69, 9.17) is 4.74 Å². The van der Waals surface area contributed by atoms with E-state index < -0.39 is 0 Å². The van der Waals surface area contributed by atoms with Crippen LogP contribution in [-0.4, -0.2) is 17.6 Å². The van der Waals surface area contributed by atoms with Crippen molar-refractivity contribution < 1.29 is 9.53 Å². The van der Waals surface area contributed by atoms with Gasteiger partial charge >= 0.3 is 5.97 Å². The number of thiophene rings is 1. The summed E-state index contributed by atoms with van der Waals surface area (Å²) in [5.74, 6) is -0.284. The molecule has 0 atom stereocenters. The number of hydrogen-bond donors (Lipinski definition) is 1. The van der Waals surface area contributed by atoms with Crippen molar-refractivity contribution in [3.05, 3.63) is 22.7 Å². The number of aromatic nitrogens is 1. The number of esters is 1. The molecule has 0 aliphatic rings. The fraction of sp³-hybridized carbons (Fsp3) is 0.462. The average molecular weight is 251 g/mol. The average Bonchev–Trinajstić information content (AvgIpc) is 2.72. The number of aromatic amines is 1. The van der Waals surface area contributed by atoms with Crippen LogP contribution in [0.2, 0.25) is 0 Å². The normalized spacial score (nSPS) is 12.0. The molecule has 92 valence electrons. The molecule has 17 heavy (non-hydrogen) atoms. The van der Waals surface area contributed by atoms with E-state index in [0.717, 1.165) is 10.2 Å². The van der Waals surface area contributed by atoms with Gasteiger partial charge in [-0.2, -0.15) is 0 Å². The number of hydrogen-bond acceptors (Lipinski definition) is 3. The summed E-state index contributed by atoms with van der Waals surface area (Å²) < 4.78 is 4.96. The summed E-state index contributed by atoms with van der Waals surface area (Å²) in [5.41, 5.74) is 0.683. The second kappa shape index (κ2) is 4.18. The number of carbonyl (C=O) groups is 1. The van der Waals surface area contributed by atoms with Crippen molar-refractivity contribution in [3.8, 4) is 0 Å². The Bertz CT molecular complexity index is 514. The molecule has 0 amide bonds. The highest BCUT2D eigenvalue weighted by molar-refractivity contribution is 7.18. The third kappa shape index (κ3) is 2.36. The van der Waals surface area contributed by atoms with Crippen LogP contribution >= 0.6 is 11.3 Å². The van der Waals surface area contributed by atoms with Crippen LogP contribution in [0.4, 0.5) is 0 Å². The van der Waals surface area contributed by atoms with Gasteiger partial charge in [0.25, 0.3) is 0 Å². The molecule has 0 aliphatic heterocycles. The first-order valence-electron chi connectivity index (χ1n) is 5.72. The molecular weight excluding hydrogens is 234 g/mol. The van der Waals surface area contributed by atoms with Gasteiger partial charge in [-0.3, -0.25) is 0 Å². The Balaban J connectivity index is 2.35. The van der Waals surface area contributed by atoms with E-state index in [2.05, 4.69) is 31.8 Å². The number of rotatable bonds is 2. The molecule has 1 N–H and O–H groups in total. The van der Waals surface area contributed by atoms with Crippen LogP contribution in [0.5, 0.6) is 0 Å². The maximum atomic E-state index is 11.5. The van der Waals surface area contributed by atoms with Gasteiger partial charge in [0.05, 0.1) is 6.61 Å². The first-order chi connectivity index (χ1) is 7.91. The van der Waals surface area contributed by atoms with Gasteiger partial charge in [-0.15, -0.1) is 11.3 Å². The van der Waals surface area contributed by atoms with E-state index in [1.807, 2.05) is 6.07 Å². The van der Waals surface area contributed by atoms with Crippen molar-refractivity contribution in [2.75, 3.05) is 6.61 Å². The van der Waals surface area contributed by atoms with Crippen molar-refractivity contribution in [1.82, 2.24) is 4.98 Å². The van der Waals surface area contributed by atoms with E-state index in [-0.39, 0.29) is 11.4 Å². The molecule has 0 bridgehead atoms. The Morgan fingerprint density at radius 1 is 1.41 bits per heavy atom. The molecule has 2 aromatic heterocycles. The van der Waals surface area contributed by atoms with Gasteiger partial charge in [0.2, 0.25) is 0 Å². The summed E-state index contributed by atoms with van der Waals surface area (Å²) in [6.07, 6.45) is 0. The molecule has 0 unspecified atom stereocenters. The molecule has 0 spiro atoms. The van der Waals surface area contributed by atoms with Crippen molar-refractivity contribution in [2.45, 2.75) is 33.1 Å². The number of H-pyrrole nitrogens is 1. The standard InChI is InChI=1S/C13H17NO2S/c1-5-16-12(15)9-6-8-7-10(13(2,3)4)17-11(8)14-9/h6-7,14H,5H2,1-4H3. The third-order valence-corrected chi connectivity index (χ3v) is 4.04. The molecule has 0 saturated heterocycles. The fourth-order valence-electron chi connectivity index (χ4n) is 1.61. The van der Waals surface area contributed by atoms with Gasteiger partial charge < -0.3 is 9.72 Å². The van der Waals surface area contributed by atoms with Gasteiger partial charge in [-0.25, -0.2) is 4.79 Å². The summed E-state index contributed by atoms with van der Waals surface area (Å²) in [6, 6.07) is 4.00. The van der Waals surface area contributed by atoms with Crippen molar-refractivity contribution in [2.24, 2.45) is 0 Å². The van der Waals surface area contributed by atoms with Gasteiger partial charge in [0.15, 0.2) is 0 Å².